The van der Waals surface area contributed by atoms with Gasteiger partial charge >= 0.3 is 0 Å². The zero-order valence-electron chi connectivity index (χ0n) is 17.4. The van der Waals surface area contributed by atoms with E-state index in [1.54, 1.807) is 0 Å². The van der Waals surface area contributed by atoms with Gasteiger partial charge in [0.25, 0.3) is 0 Å². The number of aryl methyl sites for hydroxylation is 2. The number of fused-ring (bicyclic) bond motifs is 2. The van der Waals surface area contributed by atoms with Crippen LogP contribution in [-0.2, 0) is 0 Å². The van der Waals surface area contributed by atoms with Crippen molar-refractivity contribution in [1.29, 1.82) is 0 Å². The van der Waals surface area contributed by atoms with Crippen LogP contribution in [-0.4, -0.2) is 4.98 Å². The van der Waals surface area contributed by atoms with Crippen LogP contribution in [0.1, 0.15) is 16.7 Å². The lowest BCUT2D eigenvalue weighted by Gasteiger charge is -2.18. The van der Waals surface area contributed by atoms with Crippen LogP contribution in [0.15, 0.2) is 95.0 Å². The molecular weight excluding hydrogens is 382 g/mol. The van der Waals surface area contributed by atoms with E-state index in [0.717, 1.165) is 0 Å². The van der Waals surface area contributed by atoms with Crippen molar-refractivity contribution in [3.8, 4) is 11.1 Å². The molecule has 1 nitrogen and oxygen atoms in total. The maximum Gasteiger partial charge on any atom is 0.0353 e. The highest BCUT2D eigenvalue weighted by Crippen LogP contribution is 2.45. The van der Waals surface area contributed by atoms with Crippen LogP contribution >= 0.6 is 11.8 Å². The average Bonchev–Trinajstić information content (AvgIpc) is 2.78. The molecule has 1 aromatic heterocycles. The number of pyridine rings is 1. The zero-order valence-corrected chi connectivity index (χ0v) is 18.3. The third kappa shape index (κ3) is 3.18. The van der Waals surface area contributed by atoms with E-state index >= 15 is 0 Å². The average molecular weight is 406 g/mol. The van der Waals surface area contributed by atoms with Crippen molar-refractivity contribution in [2.24, 2.45) is 0 Å². The van der Waals surface area contributed by atoms with Gasteiger partial charge in [0.05, 0.1) is 0 Å². The molecule has 0 fully saturated rings. The summed E-state index contributed by atoms with van der Waals surface area (Å²) in [5, 5.41) is 5.02. The van der Waals surface area contributed by atoms with Gasteiger partial charge in [0.1, 0.15) is 0 Å². The number of benzene rings is 4. The Morgan fingerprint density at radius 3 is 2.03 bits per heavy atom. The maximum absolute atomic E-state index is 4.51. The summed E-state index contributed by atoms with van der Waals surface area (Å²) in [5.74, 6) is 0. The molecule has 30 heavy (non-hydrogen) atoms. The van der Waals surface area contributed by atoms with Crippen molar-refractivity contribution in [3.05, 3.63) is 102 Å². The molecule has 1 heterocycles. The van der Waals surface area contributed by atoms with Gasteiger partial charge in [0.2, 0.25) is 0 Å². The Kier molecular flexibility index (Phi) is 4.80. The van der Waals surface area contributed by atoms with E-state index in [0.29, 0.717) is 0 Å². The molecule has 0 N–H and O–H groups in total. The summed E-state index contributed by atoms with van der Waals surface area (Å²) in [7, 11) is 0. The Labute approximate surface area is 181 Å². The minimum Gasteiger partial charge on any atom is -0.264 e. The topological polar surface area (TPSA) is 12.9 Å². The summed E-state index contributed by atoms with van der Waals surface area (Å²) in [6.07, 6.45) is 3.93. The van der Waals surface area contributed by atoms with Crippen molar-refractivity contribution in [2.75, 3.05) is 0 Å². The van der Waals surface area contributed by atoms with Crippen molar-refractivity contribution in [2.45, 2.75) is 30.6 Å². The molecule has 0 saturated carbocycles. The van der Waals surface area contributed by atoms with E-state index < -0.39 is 0 Å². The Bertz CT molecular complexity index is 1310. The van der Waals surface area contributed by atoms with Gasteiger partial charge in [-0.2, -0.15) is 0 Å². The van der Waals surface area contributed by atoms with Gasteiger partial charge in [-0.05, 0) is 82.9 Å². The second-order valence-electron chi connectivity index (χ2n) is 7.82. The largest absolute Gasteiger partial charge is 0.264 e. The van der Waals surface area contributed by atoms with Crippen molar-refractivity contribution in [1.82, 2.24) is 4.98 Å². The molecular formula is C28H23NS. The minimum absolute atomic E-state index is 1.21. The lowest BCUT2D eigenvalue weighted by atomic mass is 9.90. The molecule has 0 radical (unpaired) electrons. The van der Waals surface area contributed by atoms with Crippen molar-refractivity contribution in [3.63, 3.8) is 0 Å². The van der Waals surface area contributed by atoms with Crippen LogP contribution in [0.4, 0.5) is 0 Å². The first-order valence-corrected chi connectivity index (χ1v) is 11.0. The standard InChI is InChI=1S/C28H23NS/c1-18-15-21(16-19(2)20(18)3)27-23-11-7-8-12-24(23)28(25-13-14-29-17-26(25)27)30-22-9-5-4-6-10-22/h4-17H,1-3H3. The second kappa shape index (κ2) is 7.62. The zero-order chi connectivity index (χ0) is 20.7. The molecule has 0 saturated heterocycles. The van der Waals surface area contributed by atoms with E-state index in [1.165, 1.54) is 59.2 Å². The fraction of sp³-hybridized carbons (Fsp3) is 0.107. The summed E-state index contributed by atoms with van der Waals surface area (Å²) < 4.78 is 0. The third-order valence-corrected chi connectivity index (χ3v) is 7.11. The Balaban J connectivity index is 1.88. The van der Waals surface area contributed by atoms with E-state index in [2.05, 4.69) is 98.6 Å². The monoisotopic (exact) mass is 405 g/mol. The lowest BCUT2D eigenvalue weighted by Crippen LogP contribution is -1.93. The summed E-state index contributed by atoms with van der Waals surface area (Å²) in [6.45, 7) is 6.61. The second-order valence-corrected chi connectivity index (χ2v) is 8.90. The van der Waals surface area contributed by atoms with Gasteiger partial charge in [-0.3, -0.25) is 4.98 Å². The van der Waals surface area contributed by atoms with Crippen LogP contribution < -0.4 is 0 Å². The highest BCUT2D eigenvalue weighted by molar-refractivity contribution is 7.99. The summed E-state index contributed by atoms with van der Waals surface area (Å²) in [6, 6.07) is 26.2. The number of rotatable bonds is 3. The van der Waals surface area contributed by atoms with Crippen LogP contribution in [0.5, 0.6) is 0 Å². The normalized spacial score (nSPS) is 11.3. The Morgan fingerprint density at radius 1 is 0.667 bits per heavy atom. The molecule has 0 spiro atoms. The highest BCUT2D eigenvalue weighted by Gasteiger charge is 2.17. The molecule has 0 aliphatic heterocycles. The third-order valence-electron chi connectivity index (χ3n) is 5.95. The number of nitrogens with zero attached hydrogens (tertiary/aromatic N) is 1. The van der Waals surface area contributed by atoms with Crippen LogP contribution in [0.2, 0.25) is 0 Å². The first kappa shape index (κ1) is 18.9. The molecule has 5 aromatic rings. The van der Waals surface area contributed by atoms with Crippen LogP contribution in [0, 0.1) is 20.8 Å². The molecule has 0 atom stereocenters. The lowest BCUT2D eigenvalue weighted by molar-refractivity contribution is 1.27. The highest BCUT2D eigenvalue weighted by atomic mass is 32.2. The summed E-state index contributed by atoms with van der Waals surface area (Å²) >= 11 is 1.83. The Hall–Kier alpha value is -3.10. The maximum atomic E-state index is 4.51. The van der Waals surface area contributed by atoms with Gasteiger partial charge in [0.15, 0.2) is 0 Å². The fourth-order valence-electron chi connectivity index (χ4n) is 4.19. The van der Waals surface area contributed by atoms with Crippen molar-refractivity contribution < 1.29 is 0 Å². The van der Waals surface area contributed by atoms with Gasteiger partial charge in [-0.1, -0.05) is 66.4 Å². The van der Waals surface area contributed by atoms with E-state index in [4.69, 9.17) is 0 Å². The first-order chi connectivity index (χ1) is 14.6. The van der Waals surface area contributed by atoms with E-state index in [1.807, 2.05) is 24.2 Å². The molecule has 0 aliphatic carbocycles. The van der Waals surface area contributed by atoms with E-state index in [-0.39, 0.29) is 0 Å². The molecule has 4 aromatic carbocycles. The SMILES string of the molecule is Cc1cc(-c2c3ccccc3c(Sc3ccccc3)c3ccncc23)cc(C)c1C. The van der Waals surface area contributed by atoms with E-state index in [9.17, 15) is 0 Å². The fourth-order valence-corrected chi connectivity index (χ4v) is 5.29. The summed E-state index contributed by atoms with van der Waals surface area (Å²) in [4.78, 5) is 7.04. The predicted octanol–water partition coefficient (Wildman–Crippen LogP) is 8.13. The molecule has 0 bridgehead atoms. The Morgan fingerprint density at radius 2 is 1.30 bits per heavy atom. The molecule has 0 unspecified atom stereocenters. The molecule has 2 heteroatoms. The minimum atomic E-state index is 1.21. The first-order valence-electron chi connectivity index (χ1n) is 10.2. The molecule has 0 amide bonds. The van der Waals surface area contributed by atoms with Crippen LogP contribution in [0.25, 0.3) is 32.7 Å². The number of hydrogen-bond donors (Lipinski definition) is 0. The van der Waals surface area contributed by atoms with Gasteiger partial charge in [-0.15, -0.1) is 0 Å². The van der Waals surface area contributed by atoms with Gasteiger partial charge in [0, 0.05) is 27.6 Å². The number of aromatic nitrogens is 1. The predicted molar refractivity (Wildman–Crippen MR) is 129 cm³/mol. The van der Waals surface area contributed by atoms with Gasteiger partial charge in [-0.25, -0.2) is 0 Å². The quantitative estimate of drug-likeness (QED) is 0.281. The molecule has 146 valence electrons. The molecule has 5 rings (SSSR count). The molecule has 0 aliphatic rings. The summed E-state index contributed by atoms with van der Waals surface area (Å²) in [5.41, 5.74) is 6.56. The number of hydrogen-bond acceptors (Lipinski definition) is 2. The van der Waals surface area contributed by atoms with Crippen LogP contribution in [0.3, 0.4) is 0 Å². The van der Waals surface area contributed by atoms with Gasteiger partial charge < -0.3 is 0 Å². The van der Waals surface area contributed by atoms with Crippen molar-refractivity contribution >= 4 is 33.3 Å². The smallest absolute Gasteiger partial charge is 0.0353 e.